The molecule has 0 heterocycles. The Labute approximate surface area is 75.4 Å². The van der Waals surface area contributed by atoms with Crippen molar-refractivity contribution in [2.45, 2.75) is 37.6 Å². The van der Waals surface area contributed by atoms with Gasteiger partial charge in [-0.3, -0.25) is 0 Å². The molecule has 0 amide bonds. The molecule has 0 aromatic heterocycles. The molecule has 1 aliphatic carbocycles. The van der Waals surface area contributed by atoms with Crippen molar-refractivity contribution in [1.82, 2.24) is 5.32 Å². The van der Waals surface area contributed by atoms with Crippen LogP contribution in [0.5, 0.6) is 0 Å². The van der Waals surface area contributed by atoms with Crippen LogP contribution in [0.3, 0.4) is 0 Å². The zero-order valence-corrected chi connectivity index (χ0v) is 7.53. The molecular formula is C8H14F3NO. The van der Waals surface area contributed by atoms with Gasteiger partial charge in [0.15, 0.2) is 0 Å². The van der Waals surface area contributed by atoms with E-state index in [1.165, 1.54) is 0 Å². The molecule has 1 N–H and O–H groups in total. The summed E-state index contributed by atoms with van der Waals surface area (Å²) in [4.78, 5) is 0. The van der Waals surface area contributed by atoms with E-state index in [9.17, 15) is 13.2 Å². The minimum Gasteiger partial charge on any atom is -0.369 e. The van der Waals surface area contributed by atoms with Crippen LogP contribution in [0.4, 0.5) is 13.2 Å². The Morgan fingerprint density at radius 1 is 1.38 bits per heavy atom. The Kier molecular flexibility index (Phi) is 3.55. The first kappa shape index (κ1) is 10.8. The van der Waals surface area contributed by atoms with Crippen LogP contribution in [-0.4, -0.2) is 32.0 Å². The minimum absolute atomic E-state index is 0.223. The van der Waals surface area contributed by atoms with Crippen LogP contribution in [-0.2, 0) is 4.74 Å². The fourth-order valence-electron chi connectivity index (χ4n) is 1.57. The highest BCUT2D eigenvalue weighted by Gasteiger charge is 2.31. The second kappa shape index (κ2) is 4.28. The molecule has 2 nitrogen and oxygen atoms in total. The number of nitrogens with one attached hydrogen (secondary N) is 1. The Bertz CT molecular complexity index is 160. The van der Waals surface area contributed by atoms with Crippen LogP contribution < -0.4 is 5.32 Å². The molecule has 1 fully saturated rings. The highest BCUT2D eigenvalue weighted by molar-refractivity contribution is 4.80. The lowest BCUT2D eigenvalue weighted by Gasteiger charge is -2.13. The van der Waals surface area contributed by atoms with Gasteiger partial charge in [0, 0.05) is 6.04 Å². The number of hydrogen-bond donors (Lipinski definition) is 1. The van der Waals surface area contributed by atoms with Crippen molar-refractivity contribution < 1.29 is 17.9 Å². The van der Waals surface area contributed by atoms with Crippen molar-refractivity contribution in [1.29, 1.82) is 0 Å². The van der Waals surface area contributed by atoms with Gasteiger partial charge in [-0.05, 0) is 26.3 Å². The lowest BCUT2D eigenvalue weighted by molar-refractivity contribution is -0.184. The maximum absolute atomic E-state index is 11.7. The zero-order chi connectivity index (χ0) is 9.90. The highest BCUT2D eigenvalue weighted by atomic mass is 19.4. The normalized spacial score (nSPS) is 29.5. The second-order valence-corrected chi connectivity index (χ2v) is 3.35. The summed E-state index contributed by atoms with van der Waals surface area (Å²) in [6.07, 6.45) is -2.11. The molecular weight excluding hydrogens is 183 g/mol. The Balaban J connectivity index is 2.17. The fraction of sp³-hybridized carbons (Fsp3) is 1.00. The summed E-state index contributed by atoms with van der Waals surface area (Å²) < 4.78 is 40.0. The van der Waals surface area contributed by atoms with E-state index in [2.05, 4.69) is 5.32 Å². The molecule has 13 heavy (non-hydrogen) atoms. The number of ether oxygens (including phenoxy) is 1. The smallest absolute Gasteiger partial charge is 0.369 e. The predicted molar refractivity (Wildman–Crippen MR) is 42.5 cm³/mol. The number of halogens is 3. The Morgan fingerprint density at radius 3 is 2.54 bits per heavy atom. The third kappa shape index (κ3) is 3.95. The van der Waals surface area contributed by atoms with E-state index in [4.69, 9.17) is 4.74 Å². The zero-order valence-electron chi connectivity index (χ0n) is 7.53. The monoisotopic (exact) mass is 197 g/mol. The van der Waals surface area contributed by atoms with Gasteiger partial charge in [-0.1, -0.05) is 0 Å². The van der Waals surface area contributed by atoms with Crippen LogP contribution in [0.15, 0.2) is 0 Å². The van der Waals surface area contributed by atoms with Gasteiger partial charge in [0.25, 0.3) is 0 Å². The molecule has 0 aromatic carbocycles. The summed E-state index contributed by atoms with van der Waals surface area (Å²) in [6, 6.07) is 0.318. The first-order valence-corrected chi connectivity index (χ1v) is 4.37. The molecule has 0 aliphatic heterocycles. The maximum Gasteiger partial charge on any atom is 0.411 e. The quantitative estimate of drug-likeness (QED) is 0.743. The predicted octanol–water partition coefficient (Wildman–Crippen LogP) is 1.71. The van der Waals surface area contributed by atoms with Crippen molar-refractivity contribution in [3.63, 3.8) is 0 Å². The molecule has 0 spiro atoms. The molecule has 0 bridgehead atoms. The van der Waals surface area contributed by atoms with Gasteiger partial charge in [-0.25, -0.2) is 0 Å². The van der Waals surface area contributed by atoms with Gasteiger partial charge in [0.05, 0.1) is 6.10 Å². The first-order valence-electron chi connectivity index (χ1n) is 4.37. The average Bonchev–Trinajstić information content (AvgIpc) is 2.47. The van der Waals surface area contributed by atoms with E-state index < -0.39 is 12.8 Å². The van der Waals surface area contributed by atoms with Crippen LogP contribution in [0, 0.1) is 0 Å². The third-order valence-corrected chi connectivity index (χ3v) is 2.28. The van der Waals surface area contributed by atoms with Crippen LogP contribution in [0.25, 0.3) is 0 Å². The SMILES string of the molecule is CNC1CCC(OCC(F)(F)F)C1. The van der Waals surface area contributed by atoms with E-state index in [0.29, 0.717) is 12.5 Å². The van der Waals surface area contributed by atoms with E-state index >= 15 is 0 Å². The third-order valence-electron chi connectivity index (χ3n) is 2.28. The summed E-state index contributed by atoms with van der Waals surface area (Å²) in [5, 5.41) is 3.03. The van der Waals surface area contributed by atoms with E-state index in [-0.39, 0.29) is 6.10 Å². The maximum atomic E-state index is 11.7. The molecule has 0 saturated heterocycles. The number of hydrogen-bond acceptors (Lipinski definition) is 2. The highest BCUT2D eigenvalue weighted by Crippen LogP contribution is 2.24. The van der Waals surface area contributed by atoms with Crippen molar-refractivity contribution in [3.8, 4) is 0 Å². The van der Waals surface area contributed by atoms with Gasteiger partial charge in [-0.15, -0.1) is 0 Å². The summed E-state index contributed by atoms with van der Waals surface area (Å²) >= 11 is 0. The topological polar surface area (TPSA) is 21.3 Å². The average molecular weight is 197 g/mol. The van der Waals surface area contributed by atoms with Gasteiger partial charge in [-0.2, -0.15) is 13.2 Å². The summed E-state index contributed by atoms with van der Waals surface area (Å²) in [6.45, 7) is -1.12. The molecule has 1 rings (SSSR count). The lowest BCUT2D eigenvalue weighted by atomic mass is 10.2. The van der Waals surface area contributed by atoms with E-state index in [1.807, 2.05) is 7.05 Å². The van der Waals surface area contributed by atoms with Crippen LogP contribution in [0.2, 0.25) is 0 Å². The summed E-state index contributed by atoms with van der Waals surface area (Å²) in [5.74, 6) is 0. The Hall–Kier alpha value is -0.290. The van der Waals surface area contributed by atoms with Gasteiger partial charge in [0.2, 0.25) is 0 Å². The van der Waals surface area contributed by atoms with Crippen molar-refractivity contribution in [3.05, 3.63) is 0 Å². The number of rotatable bonds is 3. The van der Waals surface area contributed by atoms with Crippen molar-refractivity contribution in [2.75, 3.05) is 13.7 Å². The molecule has 5 heteroatoms. The Morgan fingerprint density at radius 2 is 2.08 bits per heavy atom. The van der Waals surface area contributed by atoms with Crippen molar-refractivity contribution >= 4 is 0 Å². The van der Waals surface area contributed by atoms with E-state index in [0.717, 1.165) is 12.8 Å². The molecule has 2 unspecified atom stereocenters. The largest absolute Gasteiger partial charge is 0.411 e. The van der Waals surface area contributed by atoms with Gasteiger partial charge in [0.1, 0.15) is 6.61 Å². The fourth-order valence-corrected chi connectivity index (χ4v) is 1.57. The summed E-state index contributed by atoms with van der Waals surface area (Å²) in [7, 11) is 1.82. The molecule has 0 aromatic rings. The van der Waals surface area contributed by atoms with Crippen molar-refractivity contribution in [2.24, 2.45) is 0 Å². The van der Waals surface area contributed by atoms with Gasteiger partial charge < -0.3 is 10.1 Å². The summed E-state index contributed by atoms with van der Waals surface area (Å²) in [5.41, 5.74) is 0. The van der Waals surface area contributed by atoms with Gasteiger partial charge >= 0.3 is 6.18 Å². The van der Waals surface area contributed by atoms with E-state index in [1.54, 1.807) is 0 Å². The molecule has 0 radical (unpaired) electrons. The molecule has 2 atom stereocenters. The van der Waals surface area contributed by atoms with Crippen LogP contribution in [0.1, 0.15) is 19.3 Å². The lowest BCUT2D eigenvalue weighted by Crippen LogP contribution is -2.25. The minimum atomic E-state index is -4.20. The molecule has 1 saturated carbocycles. The standard InChI is InChI=1S/C8H14F3NO/c1-12-6-2-3-7(4-6)13-5-8(9,10)11/h6-7,12H,2-5H2,1H3. The second-order valence-electron chi connectivity index (χ2n) is 3.35. The molecule has 78 valence electrons. The number of alkyl halides is 3. The van der Waals surface area contributed by atoms with Crippen LogP contribution >= 0.6 is 0 Å². The molecule has 1 aliphatic rings. The first-order chi connectivity index (χ1) is 6.01.